The third-order valence-electron chi connectivity index (χ3n) is 4.91. The molecule has 0 unspecified atom stereocenters. The lowest BCUT2D eigenvalue weighted by atomic mass is 9.95. The van der Waals surface area contributed by atoms with Gasteiger partial charge in [-0.25, -0.2) is 0 Å². The fourth-order valence-electron chi connectivity index (χ4n) is 3.22. The number of benzene rings is 2. The molecule has 0 aliphatic rings. The van der Waals surface area contributed by atoms with Gasteiger partial charge in [0.25, 0.3) is 0 Å². The molecule has 0 N–H and O–H groups in total. The standard InChI is InChI=1S/C24H31NS2/c1-5-23(16-17-24(26-3)27-4)20(2)25(18-21-12-8-6-9-13-21)19-22-14-10-7-11-15-22/h5-15,17,20,23H,1,16,18-19H2,2-4H3/t20-,23-/m0/s1. The minimum atomic E-state index is 0.407. The number of hydrogen-bond acceptors (Lipinski definition) is 3. The van der Waals surface area contributed by atoms with Gasteiger partial charge in [0.1, 0.15) is 0 Å². The summed E-state index contributed by atoms with van der Waals surface area (Å²) in [5.41, 5.74) is 2.71. The van der Waals surface area contributed by atoms with Crippen molar-refractivity contribution in [2.75, 3.05) is 12.5 Å². The minimum Gasteiger partial charge on any atom is -0.292 e. The smallest absolute Gasteiger partial charge is 0.0355 e. The Labute approximate surface area is 173 Å². The summed E-state index contributed by atoms with van der Waals surface area (Å²) in [6.45, 7) is 8.37. The van der Waals surface area contributed by atoms with Crippen molar-refractivity contribution in [2.24, 2.45) is 5.92 Å². The fraction of sp³-hybridized carbons (Fsp3) is 0.333. The van der Waals surface area contributed by atoms with Crippen molar-refractivity contribution in [3.63, 3.8) is 0 Å². The summed E-state index contributed by atoms with van der Waals surface area (Å²) in [5.74, 6) is 0.423. The highest BCUT2D eigenvalue weighted by molar-refractivity contribution is 8.21. The van der Waals surface area contributed by atoms with Crippen molar-refractivity contribution < 1.29 is 0 Å². The van der Waals surface area contributed by atoms with Crippen molar-refractivity contribution in [1.29, 1.82) is 0 Å². The van der Waals surface area contributed by atoms with Crippen LogP contribution in [0.3, 0.4) is 0 Å². The minimum absolute atomic E-state index is 0.407. The van der Waals surface area contributed by atoms with Crippen molar-refractivity contribution in [3.05, 3.63) is 94.8 Å². The molecule has 0 aliphatic heterocycles. The fourth-order valence-corrected chi connectivity index (χ4v) is 4.42. The zero-order valence-electron chi connectivity index (χ0n) is 16.7. The largest absolute Gasteiger partial charge is 0.292 e. The molecule has 2 aromatic carbocycles. The number of thioether (sulfide) groups is 2. The molecule has 0 radical (unpaired) electrons. The van der Waals surface area contributed by atoms with Gasteiger partial charge in [-0.1, -0.05) is 72.8 Å². The van der Waals surface area contributed by atoms with Gasteiger partial charge in [0.2, 0.25) is 0 Å². The normalized spacial score (nSPS) is 13.2. The lowest BCUT2D eigenvalue weighted by Crippen LogP contribution is -2.37. The molecule has 0 bridgehead atoms. The third kappa shape index (κ3) is 7.25. The molecule has 144 valence electrons. The van der Waals surface area contributed by atoms with Crippen LogP contribution in [0, 0.1) is 5.92 Å². The van der Waals surface area contributed by atoms with E-state index in [0.29, 0.717) is 12.0 Å². The Hall–Kier alpha value is -1.42. The van der Waals surface area contributed by atoms with E-state index in [1.807, 2.05) is 23.5 Å². The summed E-state index contributed by atoms with van der Waals surface area (Å²) < 4.78 is 1.38. The average Bonchev–Trinajstić information content (AvgIpc) is 2.72. The molecule has 2 rings (SSSR count). The Morgan fingerprint density at radius 1 is 0.926 bits per heavy atom. The molecule has 0 saturated carbocycles. The van der Waals surface area contributed by atoms with Crippen LogP contribution in [0.15, 0.2) is 83.6 Å². The number of rotatable bonds is 11. The SMILES string of the molecule is C=C[C@@H](CC=C(SC)SC)[C@H](C)N(Cc1ccccc1)Cc1ccccc1. The lowest BCUT2D eigenvalue weighted by molar-refractivity contribution is 0.156. The topological polar surface area (TPSA) is 3.24 Å². The van der Waals surface area contributed by atoms with Gasteiger partial charge in [0.15, 0.2) is 0 Å². The Balaban J connectivity index is 2.18. The highest BCUT2D eigenvalue weighted by Crippen LogP contribution is 2.27. The van der Waals surface area contributed by atoms with Gasteiger partial charge in [-0.3, -0.25) is 4.90 Å². The van der Waals surface area contributed by atoms with Crippen LogP contribution < -0.4 is 0 Å². The first-order chi connectivity index (χ1) is 13.2. The quantitative estimate of drug-likeness (QED) is 0.382. The van der Waals surface area contributed by atoms with Gasteiger partial charge in [0, 0.05) is 23.4 Å². The van der Waals surface area contributed by atoms with Gasteiger partial charge in [-0.05, 0) is 42.9 Å². The predicted octanol–water partition coefficient (Wildman–Crippen LogP) is 6.84. The molecule has 0 fully saturated rings. The zero-order chi connectivity index (χ0) is 19.5. The molecule has 2 aromatic rings. The van der Waals surface area contributed by atoms with Crippen LogP contribution in [-0.4, -0.2) is 23.5 Å². The van der Waals surface area contributed by atoms with Crippen molar-refractivity contribution in [2.45, 2.75) is 32.5 Å². The maximum absolute atomic E-state index is 4.14. The molecule has 0 heterocycles. The Bertz CT molecular complexity index is 649. The van der Waals surface area contributed by atoms with E-state index in [0.717, 1.165) is 19.5 Å². The van der Waals surface area contributed by atoms with Crippen LogP contribution in [0.1, 0.15) is 24.5 Å². The van der Waals surface area contributed by atoms with Crippen molar-refractivity contribution in [3.8, 4) is 0 Å². The van der Waals surface area contributed by atoms with Gasteiger partial charge in [0.05, 0.1) is 0 Å². The van der Waals surface area contributed by atoms with E-state index in [1.165, 1.54) is 15.4 Å². The Morgan fingerprint density at radius 3 is 1.81 bits per heavy atom. The maximum atomic E-state index is 4.14. The number of nitrogens with zero attached hydrogens (tertiary/aromatic N) is 1. The molecule has 2 atom stereocenters. The molecule has 0 aliphatic carbocycles. The second-order valence-electron chi connectivity index (χ2n) is 6.68. The van der Waals surface area contributed by atoms with Crippen LogP contribution in [0.4, 0.5) is 0 Å². The summed E-state index contributed by atoms with van der Waals surface area (Å²) in [4.78, 5) is 2.57. The van der Waals surface area contributed by atoms with E-state index in [1.54, 1.807) is 0 Å². The van der Waals surface area contributed by atoms with Gasteiger partial charge in [-0.2, -0.15) is 0 Å². The molecular formula is C24H31NS2. The van der Waals surface area contributed by atoms with Gasteiger partial charge < -0.3 is 0 Å². The molecule has 0 saturated heterocycles. The zero-order valence-corrected chi connectivity index (χ0v) is 18.3. The summed E-state index contributed by atoms with van der Waals surface area (Å²) in [5, 5.41) is 0. The molecule has 0 spiro atoms. The molecule has 3 heteroatoms. The second-order valence-corrected chi connectivity index (χ2v) is 8.64. The van der Waals surface area contributed by atoms with Crippen LogP contribution >= 0.6 is 23.5 Å². The van der Waals surface area contributed by atoms with Crippen molar-refractivity contribution in [1.82, 2.24) is 4.90 Å². The first-order valence-electron chi connectivity index (χ1n) is 9.40. The monoisotopic (exact) mass is 397 g/mol. The molecular weight excluding hydrogens is 366 g/mol. The van der Waals surface area contributed by atoms with Crippen molar-refractivity contribution >= 4 is 23.5 Å². The summed E-state index contributed by atoms with van der Waals surface area (Å²) in [6, 6.07) is 21.9. The van der Waals surface area contributed by atoms with E-state index >= 15 is 0 Å². The number of hydrogen-bond donors (Lipinski definition) is 0. The lowest BCUT2D eigenvalue weighted by Gasteiger charge is -2.33. The summed E-state index contributed by atoms with van der Waals surface area (Å²) in [7, 11) is 0. The van der Waals surface area contributed by atoms with E-state index < -0.39 is 0 Å². The Morgan fingerprint density at radius 2 is 1.41 bits per heavy atom. The van der Waals surface area contributed by atoms with Crippen LogP contribution in [0.25, 0.3) is 0 Å². The van der Waals surface area contributed by atoms with Crippen LogP contribution in [0.2, 0.25) is 0 Å². The third-order valence-corrected chi connectivity index (χ3v) is 7.05. The first kappa shape index (κ1) is 21.9. The first-order valence-corrected chi connectivity index (χ1v) is 11.9. The van der Waals surface area contributed by atoms with E-state index in [2.05, 4.69) is 104 Å². The maximum Gasteiger partial charge on any atom is 0.0355 e. The van der Waals surface area contributed by atoms with E-state index in [9.17, 15) is 0 Å². The predicted molar refractivity (Wildman–Crippen MR) is 125 cm³/mol. The Kier molecular flexibility index (Phi) is 9.82. The van der Waals surface area contributed by atoms with Gasteiger partial charge in [-0.15, -0.1) is 30.1 Å². The molecule has 0 aromatic heterocycles. The molecule has 27 heavy (non-hydrogen) atoms. The highest BCUT2D eigenvalue weighted by Gasteiger charge is 2.21. The average molecular weight is 398 g/mol. The highest BCUT2D eigenvalue weighted by atomic mass is 32.2. The summed E-state index contributed by atoms with van der Waals surface area (Å²) in [6.07, 6.45) is 9.81. The van der Waals surface area contributed by atoms with Gasteiger partial charge >= 0.3 is 0 Å². The van der Waals surface area contributed by atoms with Crippen LogP contribution in [0.5, 0.6) is 0 Å². The second kappa shape index (κ2) is 12.1. The van der Waals surface area contributed by atoms with Crippen LogP contribution in [-0.2, 0) is 13.1 Å². The van der Waals surface area contributed by atoms with E-state index in [-0.39, 0.29) is 0 Å². The summed E-state index contributed by atoms with van der Waals surface area (Å²) >= 11 is 3.65. The van der Waals surface area contributed by atoms with E-state index in [4.69, 9.17) is 0 Å². The number of allylic oxidation sites excluding steroid dienone is 1. The molecule has 1 nitrogen and oxygen atoms in total. The molecule has 0 amide bonds.